The van der Waals surface area contributed by atoms with Gasteiger partial charge in [0.25, 0.3) is 10.0 Å². The Hall–Kier alpha value is -1.15. The third-order valence-electron chi connectivity index (χ3n) is 3.01. The Labute approximate surface area is 129 Å². The van der Waals surface area contributed by atoms with Crippen molar-refractivity contribution in [2.45, 2.75) is 37.4 Å². The molecule has 0 saturated carbocycles. The van der Waals surface area contributed by atoms with Gasteiger partial charge in [0.2, 0.25) is 5.09 Å². The predicted molar refractivity (Wildman–Crippen MR) is 83.8 cm³/mol. The summed E-state index contributed by atoms with van der Waals surface area (Å²) in [4.78, 5) is 1.02. The molecule has 21 heavy (non-hydrogen) atoms. The van der Waals surface area contributed by atoms with Crippen molar-refractivity contribution in [3.05, 3.63) is 40.3 Å². The van der Waals surface area contributed by atoms with Gasteiger partial charge in [0.15, 0.2) is 0 Å². The van der Waals surface area contributed by atoms with Gasteiger partial charge in [-0.2, -0.15) is 0 Å². The van der Waals surface area contributed by atoms with Gasteiger partial charge < -0.3 is 9.73 Å². The molecule has 0 aliphatic heterocycles. The van der Waals surface area contributed by atoms with Crippen LogP contribution in [0.2, 0.25) is 0 Å². The second-order valence-electron chi connectivity index (χ2n) is 4.73. The largest absolute Gasteiger partial charge is 0.447 e. The van der Waals surface area contributed by atoms with Crippen LogP contribution >= 0.6 is 11.3 Å². The molecule has 7 heteroatoms. The zero-order valence-corrected chi connectivity index (χ0v) is 13.8. The van der Waals surface area contributed by atoms with E-state index in [4.69, 9.17) is 4.42 Å². The molecule has 0 aromatic carbocycles. The van der Waals surface area contributed by atoms with E-state index in [1.165, 1.54) is 6.07 Å². The molecule has 0 saturated heterocycles. The first kappa shape index (κ1) is 16.2. The number of thiophene rings is 1. The fourth-order valence-electron chi connectivity index (χ4n) is 2.05. The molecule has 2 heterocycles. The Morgan fingerprint density at radius 1 is 1.33 bits per heavy atom. The van der Waals surface area contributed by atoms with Crippen LogP contribution in [0.3, 0.4) is 0 Å². The zero-order chi connectivity index (χ0) is 15.3. The lowest BCUT2D eigenvalue weighted by atomic mass is 10.1. The van der Waals surface area contributed by atoms with Crippen molar-refractivity contribution in [2.24, 2.45) is 0 Å². The molecule has 0 aliphatic rings. The Bertz CT molecular complexity index is 648. The molecule has 1 unspecified atom stereocenters. The smallest absolute Gasteiger partial charge is 0.274 e. The second kappa shape index (κ2) is 7.22. The van der Waals surface area contributed by atoms with Gasteiger partial charge in [-0.15, -0.1) is 11.3 Å². The van der Waals surface area contributed by atoms with E-state index in [2.05, 4.69) is 10.0 Å². The summed E-state index contributed by atoms with van der Waals surface area (Å²) < 4.78 is 32.9. The summed E-state index contributed by atoms with van der Waals surface area (Å²) in [6.45, 7) is 2.53. The maximum absolute atomic E-state index is 12.4. The molecule has 0 bridgehead atoms. The normalized spacial score (nSPS) is 13.4. The molecule has 0 fully saturated rings. The molecule has 2 aromatic rings. The summed E-state index contributed by atoms with van der Waals surface area (Å²) in [5, 5.41) is 4.84. The van der Waals surface area contributed by atoms with Gasteiger partial charge in [0.1, 0.15) is 5.76 Å². The van der Waals surface area contributed by atoms with Crippen molar-refractivity contribution in [2.75, 3.05) is 7.05 Å². The second-order valence-corrected chi connectivity index (χ2v) is 7.35. The highest BCUT2D eigenvalue weighted by atomic mass is 32.2. The molecule has 2 N–H and O–H groups in total. The fraction of sp³-hybridized carbons (Fsp3) is 0.429. The van der Waals surface area contributed by atoms with Gasteiger partial charge in [0.05, 0.1) is 12.6 Å². The number of hydrogen-bond acceptors (Lipinski definition) is 5. The van der Waals surface area contributed by atoms with Gasteiger partial charge >= 0.3 is 0 Å². The van der Waals surface area contributed by atoms with Crippen LogP contribution in [0.1, 0.15) is 36.4 Å². The highest BCUT2D eigenvalue weighted by molar-refractivity contribution is 7.89. The number of hydrogen-bond donors (Lipinski definition) is 2. The molecule has 0 radical (unpaired) electrons. The predicted octanol–water partition coefficient (Wildman–Crippen LogP) is 2.88. The van der Waals surface area contributed by atoms with Crippen LogP contribution in [0.4, 0.5) is 0 Å². The molecular formula is C14H20N2O3S2. The monoisotopic (exact) mass is 328 g/mol. The van der Waals surface area contributed by atoms with Crippen molar-refractivity contribution in [3.63, 3.8) is 0 Å². The van der Waals surface area contributed by atoms with Crippen LogP contribution in [-0.4, -0.2) is 15.5 Å². The maximum atomic E-state index is 12.4. The molecule has 0 spiro atoms. The maximum Gasteiger partial charge on any atom is 0.274 e. The number of sulfonamides is 1. The van der Waals surface area contributed by atoms with Gasteiger partial charge in [-0.05, 0) is 37.0 Å². The van der Waals surface area contributed by atoms with Crippen molar-refractivity contribution in [3.8, 4) is 0 Å². The number of furan rings is 1. The van der Waals surface area contributed by atoms with Crippen LogP contribution < -0.4 is 10.0 Å². The van der Waals surface area contributed by atoms with Crippen LogP contribution in [0.25, 0.3) is 0 Å². The summed E-state index contributed by atoms with van der Waals surface area (Å²) in [5.74, 6) is 0.598. The van der Waals surface area contributed by atoms with E-state index < -0.39 is 10.0 Å². The highest BCUT2D eigenvalue weighted by Crippen LogP contribution is 2.26. The summed E-state index contributed by atoms with van der Waals surface area (Å²) >= 11 is 1.55. The third-order valence-corrected chi connectivity index (χ3v) is 5.34. The Morgan fingerprint density at radius 3 is 2.76 bits per heavy atom. The SMILES string of the molecule is CCCC(NS(=O)(=O)c1ccc(CNC)o1)c1cccs1. The number of nitrogens with one attached hydrogen (secondary N) is 2. The number of rotatable bonds is 8. The van der Waals surface area contributed by atoms with Crippen LogP contribution in [0, 0.1) is 0 Å². The van der Waals surface area contributed by atoms with E-state index in [-0.39, 0.29) is 11.1 Å². The fourth-order valence-corrected chi connectivity index (χ4v) is 4.14. The summed E-state index contributed by atoms with van der Waals surface area (Å²) in [6, 6.07) is 6.83. The Kier molecular flexibility index (Phi) is 5.58. The van der Waals surface area contributed by atoms with E-state index in [0.29, 0.717) is 12.3 Å². The first-order chi connectivity index (χ1) is 10.1. The minimum atomic E-state index is -3.64. The van der Waals surface area contributed by atoms with E-state index in [9.17, 15) is 8.42 Å². The first-order valence-electron chi connectivity index (χ1n) is 6.86. The standard InChI is InChI=1S/C14H20N2O3S2/c1-3-5-12(13-6-4-9-20-13)16-21(17,18)14-8-7-11(19-14)10-15-2/h4,6-9,12,15-16H,3,5,10H2,1-2H3. The molecule has 2 aromatic heterocycles. The summed E-state index contributed by atoms with van der Waals surface area (Å²) in [6.07, 6.45) is 1.65. The third kappa shape index (κ3) is 4.16. The van der Waals surface area contributed by atoms with Crippen LogP contribution in [0.15, 0.2) is 39.2 Å². The average Bonchev–Trinajstić information content (AvgIpc) is 3.10. The van der Waals surface area contributed by atoms with Crippen molar-refractivity contribution < 1.29 is 12.8 Å². The molecule has 0 aliphatic carbocycles. The topological polar surface area (TPSA) is 71.3 Å². The Balaban J connectivity index is 2.17. The molecule has 0 amide bonds. The summed E-state index contributed by atoms with van der Waals surface area (Å²) in [7, 11) is -1.86. The van der Waals surface area contributed by atoms with E-state index in [1.54, 1.807) is 24.5 Å². The quantitative estimate of drug-likeness (QED) is 0.781. The zero-order valence-electron chi connectivity index (χ0n) is 12.1. The minimum absolute atomic E-state index is 0.0367. The first-order valence-corrected chi connectivity index (χ1v) is 9.22. The van der Waals surface area contributed by atoms with E-state index in [1.807, 2.05) is 24.4 Å². The molecule has 1 atom stereocenters. The lowest BCUT2D eigenvalue weighted by molar-refractivity contribution is 0.401. The molecule has 5 nitrogen and oxygen atoms in total. The van der Waals surface area contributed by atoms with Gasteiger partial charge in [-0.25, -0.2) is 13.1 Å². The van der Waals surface area contributed by atoms with Gasteiger partial charge in [0, 0.05) is 4.88 Å². The van der Waals surface area contributed by atoms with Crippen molar-refractivity contribution in [1.82, 2.24) is 10.0 Å². The van der Waals surface area contributed by atoms with E-state index in [0.717, 1.165) is 17.7 Å². The average molecular weight is 328 g/mol. The minimum Gasteiger partial charge on any atom is -0.447 e. The van der Waals surface area contributed by atoms with Gasteiger partial charge in [-0.3, -0.25) is 0 Å². The highest BCUT2D eigenvalue weighted by Gasteiger charge is 2.24. The molecule has 116 valence electrons. The van der Waals surface area contributed by atoms with Crippen molar-refractivity contribution in [1.29, 1.82) is 0 Å². The van der Waals surface area contributed by atoms with Gasteiger partial charge in [-0.1, -0.05) is 19.4 Å². The Morgan fingerprint density at radius 2 is 2.14 bits per heavy atom. The van der Waals surface area contributed by atoms with Crippen LogP contribution in [-0.2, 0) is 16.6 Å². The summed E-state index contributed by atoms with van der Waals surface area (Å²) in [5.41, 5.74) is 0. The lowest BCUT2D eigenvalue weighted by Crippen LogP contribution is -2.27. The van der Waals surface area contributed by atoms with Crippen LogP contribution in [0.5, 0.6) is 0 Å². The lowest BCUT2D eigenvalue weighted by Gasteiger charge is -2.15. The van der Waals surface area contributed by atoms with Crippen molar-refractivity contribution >= 4 is 21.4 Å². The molecular weight excluding hydrogens is 308 g/mol. The molecule has 2 rings (SSSR count). The van der Waals surface area contributed by atoms with E-state index >= 15 is 0 Å².